The van der Waals surface area contributed by atoms with Crippen LogP contribution in [0.5, 0.6) is 11.5 Å². The first-order valence-electron chi connectivity index (χ1n) is 9.25. The minimum atomic E-state index is 0.181. The van der Waals surface area contributed by atoms with Crippen molar-refractivity contribution in [2.75, 3.05) is 23.3 Å². The van der Waals surface area contributed by atoms with Crippen LogP contribution in [-0.2, 0) is 0 Å². The Bertz CT molecular complexity index is 912. The van der Waals surface area contributed by atoms with Crippen molar-refractivity contribution in [3.8, 4) is 11.5 Å². The van der Waals surface area contributed by atoms with E-state index in [1.807, 2.05) is 43.5 Å². The van der Waals surface area contributed by atoms with Gasteiger partial charge in [-0.05, 0) is 44.5 Å². The second kappa shape index (κ2) is 7.61. The Labute approximate surface area is 159 Å². The van der Waals surface area contributed by atoms with E-state index in [1.165, 1.54) is 0 Å². The Morgan fingerprint density at radius 2 is 2.07 bits per heavy atom. The largest absolute Gasteiger partial charge is 0.456 e. The molecule has 0 saturated carbocycles. The highest BCUT2D eigenvalue weighted by Gasteiger charge is 2.25. The van der Waals surface area contributed by atoms with Gasteiger partial charge in [-0.1, -0.05) is 6.07 Å². The SMILES string of the molecule is CCN1CCC(Nc2cccc(Oc3ccc(C)nc3)c2)c2cncnc21. The number of hydrogen-bond acceptors (Lipinski definition) is 6. The summed E-state index contributed by atoms with van der Waals surface area (Å²) in [6.45, 7) is 6.04. The highest BCUT2D eigenvalue weighted by Crippen LogP contribution is 2.34. The smallest absolute Gasteiger partial charge is 0.145 e. The maximum absolute atomic E-state index is 5.93. The molecule has 6 heteroatoms. The third-order valence-electron chi connectivity index (χ3n) is 4.76. The molecule has 1 aliphatic rings. The van der Waals surface area contributed by atoms with Crippen LogP contribution in [0.2, 0.25) is 0 Å². The number of anilines is 2. The summed E-state index contributed by atoms with van der Waals surface area (Å²) in [6.07, 6.45) is 6.28. The fourth-order valence-electron chi connectivity index (χ4n) is 3.35. The Morgan fingerprint density at radius 3 is 2.89 bits per heavy atom. The van der Waals surface area contributed by atoms with Crippen LogP contribution in [-0.4, -0.2) is 28.0 Å². The first kappa shape index (κ1) is 17.3. The van der Waals surface area contributed by atoms with Crippen LogP contribution in [0.1, 0.15) is 30.6 Å². The lowest BCUT2D eigenvalue weighted by molar-refractivity contribution is 0.480. The van der Waals surface area contributed by atoms with E-state index in [-0.39, 0.29) is 6.04 Å². The normalized spacial score (nSPS) is 15.9. The molecule has 3 heterocycles. The fraction of sp³-hybridized carbons (Fsp3) is 0.286. The Morgan fingerprint density at radius 1 is 1.15 bits per heavy atom. The van der Waals surface area contributed by atoms with Crippen LogP contribution >= 0.6 is 0 Å². The Hall–Kier alpha value is -3.15. The van der Waals surface area contributed by atoms with Gasteiger partial charge in [-0.3, -0.25) is 4.98 Å². The van der Waals surface area contributed by atoms with E-state index in [4.69, 9.17) is 4.74 Å². The van der Waals surface area contributed by atoms with Crippen LogP contribution in [0.15, 0.2) is 55.1 Å². The zero-order valence-electron chi connectivity index (χ0n) is 15.6. The minimum absolute atomic E-state index is 0.181. The Kier molecular flexibility index (Phi) is 4.87. The molecule has 138 valence electrons. The number of pyridine rings is 1. The second-order valence-electron chi connectivity index (χ2n) is 6.63. The molecule has 1 unspecified atom stereocenters. The predicted molar refractivity (Wildman–Crippen MR) is 106 cm³/mol. The molecule has 1 aromatic carbocycles. The first-order chi connectivity index (χ1) is 13.2. The van der Waals surface area contributed by atoms with Crippen molar-refractivity contribution in [1.29, 1.82) is 0 Å². The van der Waals surface area contributed by atoms with Crippen molar-refractivity contribution >= 4 is 11.5 Å². The number of rotatable bonds is 5. The van der Waals surface area contributed by atoms with Gasteiger partial charge >= 0.3 is 0 Å². The predicted octanol–water partition coefficient (Wildman–Crippen LogP) is 4.36. The van der Waals surface area contributed by atoms with E-state index in [2.05, 4.69) is 38.2 Å². The zero-order valence-corrected chi connectivity index (χ0v) is 15.6. The summed E-state index contributed by atoms with van der Waals surface area (Å²) in [6, 6.07) is 12.0. The quantitative estimate of drug-likeness (QED) is 0.729. The molecule has 0 radical (unpaired) electrons. The van der Waals surface area contributed by atoms with Crippen molar-refractivity contribution in [3.05, 3.63) is 66.4 Å². The molecular formula is C21H23N5O. The van der Waals surface area contributed by atoms with Crippen LogP contribution in [0.25, 0.3) is 0 Å². The highest BCUT2D eigenvalue weighted by atomic mass is 16.5. The molecular weight excluding hydrogens is 338 g/mol. The molecule has 3 aromatic rings. The number of aryl methyl sites for hydroxylation is 1. The standard InChI is InChI=1S/C21H23N5O/c1-3-26-10-9-20(19-13-22-14-24-21(19)26)25-16-5-4-6-17(11-16)27-18-8-7-15(2)23-12-18/h4-8,11-14,20,25H,3,9-10H2,1-2H3. The van der Waals surface area contributed by atoms with Gasteiger partial charge in [0, 0.05) is 42.3 Å². The molecule has 1 N–H and O–H groups in total. The number of aromatic nitrogens is 3. The van der Waals surface area contributed by atoms with Crippen molar-refractivity contribution in [2.24, 2.45) is 0 Å². The van der Waals surface area contributed by atoms with Gasteiger partial charge < -0.3 is 15.0 Å². The molecule has 0 fully saturated rings. The molecule has 0 spiro atoms. The van der Waals surface area contributed by atoms with Crippen LogP contribution in [0.4, 0.5) is 11.5 Å². The number of nitrogens with one attached hydrogen (secondary N) is 1. The van der Waals surface area contributed by atoms with Crippen molar-refractivity contribution in [2.45, 2.75) is 26.3 Å². The average Bonchev–Trinajstić information content (AvgIpc) is 2.70. The summed E-state index contributed by atoms with van der Waals surface area (Å²) >= 11 is 0. The highest BCUT2D eigenvalue weighted by molar-refractivity contribution is 5.56. The summed E-state index contributed by atoms with van der Waals surface area (Å²) in [4.78, 5) is 15.3. The zero-order chi connectivity index (χ0) is 18.6. The van der Waals surface area contributed by atoms with Crippen LogP contribution in [0, 0.1) is 6.92 Å². The molecule has 27 heavy (non-hydrogen) atoms. The fourth-order valence-corrected chi connectivity index (χ4v) is 3.35. The molecule has 0 saturated heterocycles. The van der Waals surface area contributed by atoms with Crippen LogP contribution < -0.4 is 15.0 Å². The molecule has 1 atom stereocenters. The summed E-state index contributed by atoms with van der Waals surface area (Å²) < 4.78 is 5.93. The second-order valence-corrected chi connectivity index (χ2v) is 6.63. The molecule has 0 amide bonds. The van der Waals surface area contributed by atoms with Gasteiger partial charge in [0.05, 0.1) is 12.2 Å². The van der Waals surface area contributed by atoms with Gasteiger partial charge in [0.2, 0.25) is 0 Å². The van der Waals surface area contributed by atoms with Crippen molar-refractivity contribution in [1.82, 2.24) is 15.0 Å². The summed E-state index contributed by atoms with van der Waals surface area (Å²) in [5.41, 5.74) is 3.12. The lowest BCUT2D eigenvalue weighted by Crippen LogP contribution is -2.34. The lowest BCUT2D eigenvalue weighted by atomic mass is 10.0. The summed E-state index contributed by atoms with van der Waals surface area (Å²) in [5, 5.41) is 3.61. The average molecular weight is 361 g/mol. The van der Waals surface area contributed by atoms with E-state index >= 15 is 0 Å². The van der Waals surface area contributed by atoms with Crippen molar-refractivity contribution in [3.63, 3.8) is 0 Å². The van der Waals surface area contributed by atoms with Crippen molar-refractivity contribution < 1.29 is 4.74 Å². The maximum atomic E-state index is 5.93. The summed E-state index contributed by atoms with van der Waals surface area (Å²) in [5.74, 6) is 2.53. The van der Waals surface area contributed by atoms with Gasteiger partial charge in [-0.15, -0.1) is 0 Å². The van der Waals surface area contributed by atoms with Crippen LogP contribution in [0.3, 0.4) is 0 Å². The number of hydrogen-bond donors (Lipinski definition) is 1. The van der Waals surface area contributed by atoms with E-state index < -0.39 is 0 Å². The van der Waals surface area contributed by atoms with E-state index in [1.54, 1.807) is 12.5 Å². The van der Waals surface area contributed by atoms with Gasteiger partial charge in [0.25, 0.3) is 0 Å². The van der Waals surface area contributed by atoms with Gasteiger partial charge in [0.1, 0.15) is 23.6 Å². The number of fused-ring (bicyclic) bond motifs is 1. The topological polar surface area (TPSA) is 63.2 Å². The van der Waals surface area contributed by atoms with Gasteiger partial charge in [0.15, 0.2) is 0 Å². The third-order valence-corrected chi connectivity index (χ3v) is 4.76. The molecule has 0 aliphatic carbocycles. The molecule has 1 aliphatic heterocycles. The maximum Gasteiger partial charge on any atom is 0.145 e. The van der Waals surface area contributed by atoms with Gasteiger partial charge in [-0.25, -0.2) is 9.97 Å². The molecule has 6 nitrogen and oxygen atoms in total. The summed E-state index contributed by atoms with van der Waals surface area (Å²) in [7, 11) is 0. The van der Waals surface area contributed by atoms with Gasteiger partial charge in [-0.2, -0.15) is 0 Å². The van der Waals surface area contributed by atoms with E-state index in [9.17, 15) is 0 Å². The van der Waals surface area contributed by atoms with E-state index in [0.717, 1.165) is 53.8 Å². The molecule has 0 bridgehead atoms. The molecule has 2 aromatic heterocycles. The number of nitrogens with zero attached hydrogens (tertiary/aromatic N) is 4. The first-order valence-corrected chi connectivity index (χ1v) is 9.25. The minimum Gasteiger partial charge on any atom is -0.456 e. The van der Waals surface area contributed by atoms with E-state index in [0.29, 0.717) is 0 Å². The number of ether oxygens (including phenoxy) is 1. The number of benzene rings is 1. The Balaban J connectivity index is 1.52. The molecule has 4 rings (SSSR count). The monoisotopic (exact) mass is 361 g/mol. The lowest BCUT2D eigenvalue weighted by Gasteiger charge is -2.34. The third kappa shape index (κ3) is 3.84.